The molecule has 0 bridgehead atoms. The SMILES string of the molecule is NC(=O)c1cc(N)cnc1N1CCN2CCCC2C1. The molecule has 0 saturated carbocycles. The van der Waals surface area contributed by atoms with E-state index in [0.717, 1.165) is 19.6 Å². The molecule has 1 atom stereocenters. The second-order valence-electron chi connectivity index (χ2n) is 5.28. The van der Waals surface area contributed by atoms with Gasteiger partial charge in [0.05, 0.1) is 17.4 Å². The van der Waals surface area contributed by atoms with Crippen LogP contribution in [0.3, 0.4) is 0 Å². The number of amides is 1. The van der Waals surface area contributed by atoms with Crippen LogP contribution < -0.4 is 16.4 Å². The Bertz CT molecular complexity index is 504. The van der Waals surface area contributed by atoms with Gasteiger partial charge in [-0.1, -0.05) is 0 Å². The second kappa shape index (κ2) is 4.70. The monoisotopic (exact) mass is 261 g/mol. The summed E-state index contributed by atoms with van der Waals surface area (Å²) in [5.41, 5.74) is 12.0. The number of nitrogens with two attached hydrogens (primary N) is 2. The summed E-state index contributed by atoms with van der Waals surface area (Å²) in [5, 5.41) is 0. The summed E-state index contributed by atoms with van der Waals surface area (Å²) in [5.74, 6) is 0.205. The fraction of sp³-hybridized carbons (Fsp3) is 0.538. The lowest BCUT2D eigenvalue weighted by atomic mass is 10.1. The van der Waals surface area contributed by atoms with Crippen molar-refractivity contribution in [2.24, 2.45) is 5.73 Å². The highest BCUT2D eigenvalue weighted by molar-refractivity contribution is 5.98. The maximum absolute atomic E-state index is 11.5. The quantitative estimate of drug-likeness (QED) is 0.785. The number of piperazine rings is 1. The van der Waals surface area contributed by atoms with Gasteiger partial charge in [0.2, 0.25) is 0 Å². The zero-order chi connectivity index (χ0) is 13.4. The highest BCUT2D eigenvalue weighted by Gasteiger charge is 2.32. The zero-order valence-electron chi connectivity index (χ0n) is 10.9. The molecule has 4 N–H and O–H groups in total. The molecule has 3 heterocycles. The van der Waals surface area contributed by atoms with Gasteiger partial charge in [-0.15, -0.1) is 0 Å². The van der Waals surface area contributed by atoms with Gasteiger partial charge < -0.3 is 16.4 Å². The lowest BCUT2D eigenvalue weighted by Crippen LogP contribution is -2.50. The Balaban J connectivity index is 1.87. The molecular formula is C13H19N5O. The van der Waals surface area contributed by atoms with Crippen LogP contribution in [0, 0.1) is 0 Å². The molecule has 0 spiro atoms. The molecule has 0 aromatic carbocycles. The largest absolute Gasteiger partial charge is 0.397 e. The van der Waals surface area contributed by atoms with Gasteiger partial charge in [0, 0.05) is 25.7 Å². The summed E-state index contributed by atoms with van der Waals surface area (Å²) in [4.78, 5) is 20.5. The molecule has 102 valence electrons. The topological polar surface area (TPSA) is 88.5 Å². The third kappa shape index (κ3) is 2.23. The fourth-order valence-electron chi connectivity index (χ4n) is 3.09. The lowest BCUT2D eigenvalue weighted by molar-refractivity contribution is 0.1000. The summed E-state index contributed by atoms with van der Waals surface area (Å²) < 4.78 is 0. The van der Waals surface area contributed by atoms with Crippen LogP contribution in [0.5, 0.6) is 0 Å². The van der Waals surface area contributed by atoms with Crippen molar-refractivity contribution in [3.05, 3.63) is 17.8 Å². The first-order chi connectivity index (χ1) is 9.15. The van der Waals surface area contributed by atoms with Crippen LogP contribution in [0.4, 0.5) is 11.5 Å². The average Bonchev–Trinajstić information content (AvgIpc) is 2.85. The molecule has 2 aliphatic rings. The predicted molar refractivity (Wildman–Crippen MR) is 74.0 cm³/mol. The van der Waals surface area contributed by atoms with Gasteiger partial charge in [-0.25, -0.2) is 4.98 Å². The molecule has 19 heavy (non-hydrogen) atoms. The molecule has 3 rings (SSSR count). The van der Waals surface area contributed by atoms with E-state index < -0.39 is 5.91 Å². The number of rotatable bonds is 2. The Kier molecular flexibility index (Phi) is 3.02. The van der Waals surface area contributed by atoms with Gasteiger partial charge in [-0.05, 0) is 25.5 Å². The van der Waals surface area contributed by atoms with Crippen molar-refractivity contribution in [3.8, 4) is 0 Å². The number of aromatic nitrogens is 1. The van der Waals surface area contributed by atoms with E-state index in [-0.39, 0.29) is 0 Å². The van der Waals surface area contributed by atoms with E-state index in [2.05, 4.69) is 14.8 Å². The Morgan fingerprint density at radius 3 is 3.00 bits per heavy atom. The fourth-order valence-corrected chi connectivity index (χ4v) is 3.09. The number of nitrogens with zero attached hydrogens (tertiary/aromatic N) is 3. The van der Waals surface area contributed by atoms with Gasteiger partial charge >= 0.3 is 0 Å². The number of fused-ring (bicyclic) bond motifs is 1. The molecule has 2 fully saturated rings. The van der Waals surface area contributed by atoms with E-state index in [1.54, 1.807) is 12.3 Å². The lowest BCUT2D eigenvalue weighted by Gasteiger charge is -2.38. The van der Waals surface area contributed by atoms with Gasteiger partial charge in [0.1, 0.15) is 5.82 Å². The molecule has 6 heteroatoms. The van der Waals surface area contributed by atoms with E-state index in [0.29, 0.717) is 23.1 Å². The van der Waals surface area contributed by atoms with Crippen molar-refractivity contribution in [2.45, 2.75) is 18.9 Å². The molecule has 2 aliphatic heterocycles. The minimum Gasteiger partial charge on any atom is -0.397 e. The van der Waals surface area contributed by atoms with Crippen molar-refractivity contribution in [1.82, 2.24) is 9.88 Å². The minimum atomic E-state index is -0.469. The van der Waals surface area contributed by atoms with Gasteiger partial charge in [0.25, 0.3) is 5.91 Å². The Morgan fingerprint density at radius 1 is 1.37 bits per heavy atom. The van der Waals surface area contributed by atoms with Gasteiger partial charge in [-0.2, -0.15) is 0 Å². The zero-order valence-corrected chi connectivity index (χ0v) is 10.9. The van der Waals surface area contributed by atoms with Crippen LogP contribution in [0.25, 0.3) is 0 Å². The smallest absolute Gasteiger partial charge is 0.252 e. The van der Waals surface area contributed by atoms with Crippen molar-refractivity contribution in [1.29, 1.82) is 0 Å². The van der Waals surface area contributed by atoms with Crippen molar-refractivity contribution in [3.63, 3.8) is 0 Å². The van der Waals surface area contributed by atoms with E-state index in [4.69, 9.17) is 11.5 Å². The van der Waals surface area contributed by atoms with E-state index in [1.807, 2.05) is 0 Å². The molecule has 1 amide bonds. The van der Waals surface area contributed by atoms with Crippen LogP contribution in [0.2, 0.25) is 0 Å². The minimum absolute atomic E-state index is 0.423. The van der Waals surface area contributed by atoms with Crippen LogP contribution >= 0.6 is 0 Å². The highest BCUT2D eigenvalue weighted by Crippen LogP contribution is 2.26. The Labute approximate surface area is 112 Å². The number of carbonyl (C=O) groups is 1. The highest BCUT2D eigenvalue weighted by atomic mass is 16.1. The summed E-state index contributed by atoms with van der Waals surface area (Å²) in [6.45, 7) is 4.01. The third-order valence-electron chi connectivity index (χ3n) is 4.04. The molecule has 6 nitrogen and oxygen atoms in total. The predicted octanol–water partition coefficient (Wildman–Crippen LogP) is 0.0471. The Hall–Kier alpha value is -1.82. The first-order valence-corrected chi connectivity index (χ1v) is 6.69. The summed E-state index contributed by atoms with van der Waals surface area (Å²) >= 11 is 0. The third-order valence-corrected chi connectivity index (χ3v) is 4.04. The summed E-state index contributed by atoms with van der Waals surface area (Å²) in [7, 11) is 0. The summed E-state index contributed by atoms with van der Waals surface area (Å²) in [6, 6.07) is 2.19. The van der Waals surface area contributed by atoms with Gasteiger partial charge in [0.15, 0.2) is 0 Å². The molecule has 1 aromatic rings. The Morgan fingerprint density at radius 2 is 2.21 bits per heavy atom. The van der Waals surface area contributed by atoms with Crippen LogP contribution in [-0.4, -0.2) is 48.0 Å². The number of primary amides is 1. The van der Waals surface area contributed by atoms with Crippen molar-refractivity contribution >= 4 is 17.4 Å². The average molecular weight is 261 g/mol. The van der Waals surface area contributed by atoms with Crippen molar-refractivity contribution < 1.29 is 4.79 Å². The van der Waals surface area contributed by atoms with Crippen LogP contribution in [0.1, 0.15) is 23.2 Å². The van der Waals surface area contributed by atoms with E-state index >= 15 is 0 Å². The van der Waals surface area contributed by atoms with E-state index in [9.17, 15) is 4.79 Å². The van der Waals surface area contributed by atoms with Gasteiger partial charge in [-0.3, -0.25) is 9.69 Å². The number of anilines is 2. The van der Waals surface area contributed by atoms with E-state index in [1.165, 1.54) is 19.4 Å². The molecule has 2 saturated heterocycles. The maximum Gasteiger partial charge on any atom is 0.252 e. The number of hydrogen-bond acceptors (Lipinski definition) is 5. The van der Waals surface area contributed by atoms with Crippen LogP contribution in [-0.2, 0) is 0 Å². The molecule has 0 aliphatic carbocycles. The number of nitrogen functional groups attached to an aromatic ring is 1. The first-order valence-electron chi connectivity index (χ1n) is 6.69. The molecule has 1 aromatic heterocycles. The normalized spacial score (nSPS) is 23.4. The molecule has 1 unspecified atom stereocenters. The second-order valence-corrected chi connectivity index (χ2v) is 5.28. The number of hydrogen-bond donors (Lipinski definition) is 2. The maximum atomic E-state index is 11.5. The first kappa shape index (κ1) is 12.2. The summed E-state index contributed by atoms with van der Waals surface area (Å²) in [6.07, 6.45) is 4.07. The molecule has 0 radical (unpaired) electrons. The standard InChI is InChI=1S/C13H19N5O/c14-9-6-11(12(15)19)13(16-7-9)18-5-4-17-3-1-2-10(17)8-18/h6-7,10H,1-5,8,14H2,(H2,15,19). The van der Waals surface area contributed by atoms with Crippen LogP contribution in [0.15, 0.2) is 12.3 Å². The van der Waals surface area contributed by atoms with Crippen molar-refractivity contribution in [2.75, 3.05) is 36.8 Å². The number of carbonyl (C=O) groups excluding carboxylic acids is 1. The molecular weight excluding hydrogens is 242 g/mol. The number of pyridine rings is 1.